The fraction of sp³-hybridized carbons (Fsp3) is 0.278. The zero-order chi connectivity index (χ0) is 18.8. The summed E-state index contributed by atoms with van der Waals surface area (Å²) in [5.41, 5.74) is 1.49. The van der Waals surface area contributed by atoms with Gasteiger partial charge in [-0.1, -0.05) is 29.8 Å². The summed E-state index contributed by atoms with van der Waals surface area (Å²) in [6.45, 7) is 1.22. The molecule has 2 aromatic heterocycles. The second-order valence-electron chi connectivity index (χ2n) is 6.27. The van der Waals surface area contributed by atoms with Crippen molar-refractivity contribution in [1.82, 2.24) is 24.2 Å². The highest BCUT2D eigenvalue weighted by molar-refractivity contribution is 6.33. The minimum Gasteiger partial charge on any atom is -0.349 e. The maximum atomic E-state index is 12.7. The average molecular weight is 374 g/mol. The normalized spacial score (nSPS) is 11.3. The van der Waals surface area contributed by atoms with Crippen molar-refractivity contribution >= 4 is 23.2 Å². The molecule has 0 saturated heterocycles. The van der Waals surface area contributed by atoms with Gasteiger partial charge in [0.1, 0.15) is 5.69 Å². The van der Waals surface area contributed by atoms with Gasteiger partial charge in [0.05, 0.1) is 5.69 Å². The molecule has 0 radical (unpaired) electrons. The number of amides is 1. The van der Waals surface area contributed by atoms with Crippen LogP contribution in [-0.2, 0) is 7.05 Å². The van der Waals surface area contributed by atoms with Crippen molar-refractivity contribution < 1.29 is 4.79 Å². The van der Waals surface area contributed by atoms with E-state index in [1.165, 1.54) is 4.57 Å². The van der Waals surface area contributed by atoms with Crippen LogP contribution >= 0.6 is 11.6 Å². The first-order valence-corrected chi connectivity index (χ1v) is 8.53. The van der Waals surface area contributed by atoms with E-state index in [0.717, 1.165) is 12.1 Å². The summed E-state index contributed by atoms with van der Waals surface area (Å²) in [5, 5.41) is 3.34. The number of fused-ring (bicyclic) bond motifs is 1. The molecule has 0 atom stereocenters. The van der Waals surface area contributed by atoms with Gasteiger partial charge in [0.2, 0.25) is 5.65 Å². The second-order valence-corrected chi connectivity index (χ2v) is 6.68. The van der Waals surface area contributed by atoms with E-state index in [1.54, 1.807) is 29.9 Å². The fourth-order valence-corrected chi connectivity index (χ4v) is 2.87. The molecule has 0 saturated carbocycles. The summed E-state index contributed by atoms with van der Waals surface area (Å²) < 4.78 is 3.05. The van der Waals surface area contributed by atoms with Crippen LogP contribution in [0.4, 0.5) is 0 Å². The third-order valence-corrected chi connectivity index (χ3v) is 4.41. The third-order valence-electron chi connectivity index (χ3n) is 4.08. The van der Waals surface area contributed by atoms with Crippen molar-refractivity contribution in [3.63, 3.8) is 0 Å². The standard InChI is InChI=1S/C18H20ClN5O2/c1-22(2)9-8-20-17(25)14-10-24-11-15(12-6-4-5-7-13(12)19)23(3)18(26)16(24)21-14/h4-7,10-11H,8-9H2,1-3H3,(H,20,25). The Morgan fingerprint density at radius 2 is 2.00 bits per heavy atom. The lowest BCUT2D eigenvalue weighted by Gasteiger charge is -2.10. The molecule has 26 heavy (non-hydrogen) atoms. The number of rotatable bonds is 5. The monoisotopic (exact) mass is 373 g/mol. The van der Waals surface area contributed by atoms with Crippen molar-refractivity contribution in [1.29, 1.82) is 0 Å². The molecule has 0 aliphatic heterocycles. The lowest BCUT2D eigenvalue weighted by atomic mass is 10.1. The molecule has 0 bridgehead atoms. The quantitative estimate of drug-likeness (QED) is 0.738. The Morgan fingerprint density at radius 3 is 2.69 bits per heavy atom. The van der Waals surface area contributed by atoms with E-state index in [9.17, 15) is 9.59 Å². The van der Waals surface area contributed by atoms with Crippen molar-refractivity contribution in [3.8, 4) is 11.3 Å². The van der Waals surface area contributed by atoms with E-state index in [0.29, 0.717) is 17.3 Å². The number of carbonyl (C=O) groups is 1. The molecule has 2 heterocycles. The van der Waals surface area contributed by atoms with E-state index in [-0.39, 0.29) is 22.8 Å². The Bertz CT molecular complexity index is 1020. The first-order valence-electron chi connectivity index (χ1n) is 8.15. The molecule has 1 amide bonds. The zero-order valence-electron chi connectivity index (χ0n) is 14.9. The van der Waals surface area contributed by atoms with Crippen LogP contribution in [0.3, 0.4) is 0 Å². The van der Waals surface area contributed by atoms with Crippen molar-refractivity contribution in [2.75, 3.05) is 27.2 Å². The van der Waals surface area contributed by atoms with Gasteiger partial charge in [0.25, 0.3) is 11.5 Å². The molecule has 8 heteroatoms. The Balaban J connectivity index is 2.00. The molecule has 0 spiro atoms. The highest BCUT2D eigenvalue weighted by Crippen LogP contribution is 2.26. The Kier molecular flexibility index (Phi) is 5.11. The van der Waals surface area contributed by atoms with Crippen LogP contribution in [0.2, 0.25) is 5.02 Å². The van der Waals surface area contributed by atoms with E-state index in [2.05, 4.69) is 10.3 Å². The van der Waals surface area contributed by atoms with E-state index in [1.807, 2.05) is 37.2 Å². The predicted molar refractivity (Wildman–Crippen MR) is 102 cm³/mol. The number of carbonyl (C=O) groups excluding carboxylic acids is 1. The van der Waals surface area contributed by atoms with Crippen molar-refractivity contribution in [2.24, 2.45) is 7.05 Å². The minimum atomic E-state index is -0.308. The summed E-state index contributed by atoms with van der Waals surface area (Å²) >= 11 is 6.26. The summed E-state index contributed by atoms with van der Waals surface area (Å²) in [7, 11) is 5.51. The average Bonchev–Trinajstić information content (AvgIpc) is 3.03. The number of benzene rings is 1. The van der Waals surface area contributed by atoms with Crippen LogP contribution in [0.5, 0.6) is 0 Å². The fourth-order valence-electron chi connectivity index (χ4n) is 2.64. The SMILES string of the molecule is CN(C)CCNC(=O)c1cn2cc(-c3ccccc3Cl)n(C)c(=O)c2n1. The van der Waals surface area contributed by atoms with Gasteiger partial charge in [-0.25, -0.2) is 4.98 Å². The Morgan fingerprint density at radius 1 is 1.27 bits per heavy atom. The van der Waals surface area contributed by atoms with Gasteiger partial charge in [-0.2, -0.15) is 0 Å². The van der Waals surface area contributed by atoms with Gasteiger partial charge in [-0.05, 0) is 20.2 Å². The molecule has 3 rings (SSSR count). The van der Waals surface area contributed by atoms with E-state index in [4.69, 9.17) is 11.6 Å². The third kappa shape index (κ3) is 3.49. The molecule has 0 aliphatic carbocycles. The van der Waals surface area contributed by atoms with Gasteiger partial charge >= 0.3 is 0 Å². The Hall–Kier alpha value is -2.64. The number of nitrogens with one attached hydrogen (secondary N) is 1. The first kappa shape index (κ1) is 18.2. The zero-order valence-corrected chi connectivity index (χ0v) is 15.6. The van der Waals surface area contributed by atoms with Crippen LogP contribution in [-0.4, -0.2) is 51.9 Å². The number of hydrogen-bond acceptors (Lipinski definition) is 4. The van der Waals surface area contributed by atoms with Gasteiger partial charge in [-0.15, -0.1) is 0 Å². The maximum Gasteiger partial charge on any atom is 0.294 e. The smallest absolute Gasteiger partial charge is 0.294 e. The highest BCUT2D eigenvalue weighted by Gasteiger charge is 2.16. The molecular formula is C18H20ClN5O2. The largest absolute Gasteiger partial charge is 0.349 e. The highest BCUT2D eigenvalue weighted by atomic mass is 35.5. The first-order chi connectivity index (χ1) is 12.4. The van der Waals surface area contributed by atoms with Gasteiger partial charge < -0.3 is 14.8 Å². The van der Waals surface area contributed by atoms with Gasteiger partial charge in [0, 0.05) is 43.1 Å². The molecule has 0 fully saturated rings. The number of imidazole rings is 1. The van der Waals surface area contributed by atoms with Crippen molar-refractivity contribution in [3.05, 3.63) is 57.7 Å². The molecule has 1 aromatic carbocycles. The number of nitrogens with zero attached hydrogens (tertiary/aromatic N) is 4. The predicted octanol–water partition coefficient (Wildman–Crippen LogP) is 1.64. The number of hydrogen-bond donors (Lipinski definition) is 1. The molecule has 0 unspecified atom stereocenters. The summed E-state index contributed by atoms with van der Waals surface area (Å²) in [4.78, 5) is 31.1. The Labute approximate surface area is 155 Å². The van der Waals surface area contributed by atoms with Crippen LogP contribution in [0.25, 0.3) is 16.9 Å². The van der Waals surface area contributed by atoms with Crippen LogP contribution in [0.15, 0.2) is 41.5 Å². The number of halogens is 1. The minimum absolute atomic E-state index is 0.195. The lowest BCUT2D eigenvalue weighted by molar-refractivity contribution is 0.0946. The summed E-state index contributed by atoms with van der Waals surface area (Å²) in [6.07, 6.45) is 3.31. The molecular weight excluding hydrogens is 354 g/mol. The van der Waals surface area contributed by atoms with E-state index < -0.39 is 0 Å². The van der Waals surface area contributed by atoms with Crippen molar-refractivity contribution in [2.45, 2.75) is 0 Å². The summed E-state index contributed by atoms with van der Waals surface area (Å²) in [5.74, 6) is -0.308. The molecule has 136 valence electrons. The van der Waals surface area contributed by atoms with Crippen LogP contribution < -0.4 is 10.9 Å². The molecule has 0 aliphatic rings. The maximum absolute atomic E-state index is 12.7. The lowest BCUT2D eigenvalue weighted by Crippen LogP contribution is -2.31. The molecule has 1 N–H and O–H groups in total. The van der Waals surface area contributed by atoms with Gasteiger partial charge in [-0.3, -0.25) is 14.0 Å². The molecule has 7 nitrogen and oxygen atoms in total. The number of likely N-dealkylation sites (N-methyl/N-ethyl adjacent to an activating group) is 1. The topological polar surface area (TPSA) is 71.6 Å². The number of aromatic nitrogens is 3. The van der Waals surface area contributed by atoms with Crippen LogP contribution in [0, 0.1) is 0 Å². The van der Waals surface area contributed by atoms with E-state index >= 15 is 0 Å². The van der Waals surface area contributed by atoms with Gasteiger partial charge in [0.15, 0.2) is 0 Å². The van der Waals surface area contributed by atoms with Crippen LogP contribution in [0.1, 0.15) is 10.5 Å². The molecule has 3 aromatic rings. The summed E-state index contributed by atoms with van der Waals surface area (Å²) in [6, 6.07) is 7.29. The second kappa shape index (κ2) is 7.31.